The second-order valence-electron chi connectivity index (χ2n) is 4.03. The maximum Gasteiger partial charge on any atom is 0.159 e. The smallest absolute Gasteiger partial charge is 0.159 e. The van der Waals surface area contributed by atoms with Crippen LogP contribution in [-0.4, -0.2) is 25.1 Å². The van der Waals surface area contributed by atoms with Crippen molar-refractivity contribution in [2.24, 2.45) is 0 Å². The molecule has 1 heterocycles. The van der Waals surface area contributed by atoms with E-state index in [0.717, 1.165) is 25.2 Å². The third kappa shape index (κ3) is 2.83. The van der Waals surface area contributed by atoms with E-state index in [1.165, 1.54) is 0 Å². The molecule has 0 saturated carbocycles. The highest BCUT2D eigenvalue weighted by Crippen LogP contribution is 2.16. The fourth-order valence-corrected chi connectivity index (χ4v) is 1.75. The SMILES string of the molecule is CC(=O)c1ccc(OCC2CCCO2)cc1. The van der Waals surface area contributed by atoms with Gasteiger partial charge in [-0.2, -0.15) is 0 Å². The van der Waals surface area contributed by atoms with Crippen LogP contribution in [0.15, 0.2) is 24.3 Å². The van der Waals surface area contributed by atoms with Crippen LogP contribution in [0.1, 0.15) is 30.1 Å². The predicted octanol–water partition coefficient (Wildman–Crippen LogP) is 2.45. The maximum absolute atomic E-state index is 11.1. The first-order chi connectivity index (χ1) is 7.75. The van der Waals surface area contributed by atoms with E-state index >= 15 is 0 Å². The molecule has 0 bridgehead atoms. The van der Waals surface area contributed by atoms with Gasteiger partial charge in [-0.05, 0) is 44.0 Å². The van der Waals surface area contributed by atoms with Crippen LogP contribution in [0, 0.1) is 0 Å². The number of benzene rings is 1. The third-order valence-electron chi connectivity index (χ3n) is 2.72. The molecule has 1 fully saturated rings. The average Bonchev–Trinajstić information content (AvgIpc) is 2.80. The molecule has 1 atom stereocenters. The van der Waals surface area contributed by atoms with Gasteiger partial charge in [-0.15, -0.1) is 0 Å². The summed E-state index contributed by atoms with van der Waals surface area (Å²) >= 11 is 0. The Morgan fingerprint density at radius 2 is 2.19 bits per heavy atom. The van der Waals surface area contributed by atoms with E-state index in [2.05, 4.69) is 0 Å². The molecule has 0 aliphatic carbocycles. The summed E-state index contributed by atoms with van der Waals surface area (Å²) in [5.41, 5.74) is 0.712. The van der Waals surface area contributed by atoms with Crippen molar-refractivity contribution in [1.82, 2.24) is 0 Å². The van der Waals surface area contributed by atoms with Gasteiger partial charge in [0.1, 0.15) is 12.4 Å². The molecule has 3 heteroatoms. The molecular weight excluding hydrogens is 204 g/mol. The van der Waals surface area contributed by atoms with E-state index in [0.29, 0.717) is 12.2 Å². The summed E-state index contributed by atoms with van der Waals surface area (Å²) in [6.45, 7) is 3.00. The van der Waals surface area contributed by atoms with Crippen LogP contribution in [0.4, 0.5) is 0 Å². The van der Waals surface area contributed by atoms with Gasteiger partial charge >= 0.3 is 0 Å². The van der Waals surface area contributed by atoms with Crippen molar-refractivity contribution < 1.29 is 14.3 Å². The molecule has 1 saturated heterocycles. The van der Waals surface area contributed by atoms with Gasteiger partial charge in [0.15, 0.2) is 5.78 Å². The molecule has 0 amide bonds. The van der Waals surface area contributed by atoms with Crippen molar-refractivity contribution >= 4 is 5.78 Å². The monoisotopic (exact) mass is 220 g/mol. The van der Waals surface area contributed by atoms with Crippen LogP contribution >= 0.6 is 0 Å². The van der Waals surface area contributed by atoms with Gasteiger partial charge in [0, 0.05) is 12.2 Å². The summed E-state index contributed by atoms with van der Waals surface area (Å²) in [5.74, 6) is 0.867. The Bertz CT molecular complexity index is 350. The highest BCUT2D eigenvalue weighted by molar-refractivity contribution is 5.94. The van der Waals surface area contributed by atoms with Gasteiger partial charge in [0.25, 0.3) is 0 Å². The Morgan fingerprint density at radius 1 is 1.44 bits per heavy atom. The van der Waals surface area contributed by atoms with Crippen molar-refractivity contribution in [3.8, 4) is 5.75 Å². The van der Waals surface area contributed by atoms with E-state index in [4.69, 9.17) is 9.47 Å². The summed E-state index contributed by atoms with van der Waals surface area (Å²) in [6, 6.07) is 7.22. The number of ether oxygens (including phenoxy) is 2. The van der Waals surface area contributed by atoms with E-state index in [1.54, 1.807) is 19.1 Å². The Hall–Kier alpha value is -1.35. The minimum absolute atomic E-state index is 0.0747. The first-order valence-corrected chi connectivity index (χ1v) is 5.61. The first kappa shape index (κ1) is 11.1. The Kier molecular flexibility index (Phi) is 3.57. The molecule has 1 aliphatic heterocycles. The Labute approximate surface area is 95.4 Å². The lowest BCUT2D eigenvalue weighted by Crippen LogP contribution is -2.16. The van der Waals surface area contributed by atoms with E-state index in [-0.39, 0.29) is 11.9 Å². The minimum Gasteiger partial charge on any atom is -0.491 e. The number of hydrogen-bond acceptors (Lipinski definition) is 3. The zero-order chi connectivity index (χ0) is 11.4. The van der Waals surface area contributed by atoms with E-state index < -0.39 is 0 Å². The summed E-state index contributed by atoms with van der Waals surface area (Å²) in [7, 11) is 0. The molecule has 0 aromatic heterocycles. The second kappa shape index (κ2) is 5.12. The van der Waals surface area contributed by atoms with Crippen molar-refractivity contribution in [3.63, 3.8) is 0 Å². The molecule has 16 heavy (non-hydrogen) atoms. The molecule has 1 aromatic rings. The predicted molar refractivity (Wildman–Crippen MR) is 60.9 cm³/mol. The standard InChI is InChI=1S/C13H16O3/c1-10(14)11-4-6-12(7-5-11)16-9-13-3-2-8-15-13/h4-7,13H,2-3,8-9H2,1H3. The van der Waals surface area contributed by atoms with Crippen LogP contribution in [0.25, 0.3) is 0 Å². The van der Waals surface area contributed by atoms with Crippen LogP contribution in [-0.2, 0) is 4.74 Å². The highest BCUT2D eigenvalue weighted by atomic mass is 16.5. The van der Waals surface area contributed by atoms with Crippen molar-refractivity contribution in [3.05, 3.63) is 29.8 Å². The van der Waals surface area contributed by atoms with Crippen LogP contribution in [0.3, 0.4) is 0 Å². The van der Waals surface area contributed by atoms with E-state index in [9.17, 15) is 4.79 Å². The first-order valence-electron chi connectivity index (χ1n) is 5.61. The number of Topliss-reactive ketones (excluding diaryl/α,β-unsaturated/α-hetero) is 1. The largest absolute Gasteiger partial charge is 0.491 e. The fraction of sp³-hybridized carbons (Fsp3) is 0.462. The molecular formula is C13H16O3. The average molecular weight is 220 g/mol. The normalized spacial score (nSPS) is 19.7. The lowest BCUT2D eigenvalue weighted by molar-refractivity contribution is 0.0679. The number of carbonyl (C=O) groups excluding carboxylic acids is 1. The number of carbonyl (C=O) groups is 1. The molecule has 86 valence electrons. The Morgan fingerprint density at radius 3 is 2.75 bits per heavy atom. The van der Waals surface area contributed by atoms with Gasteiger partial charge in [-0.3, -0.25) is 4.79 Å². The fourth-order valence-electron chi connectivity index (χ4n) is 1.75. The molecule has 0 N–H and O–H groups in total. The van der Waals surface area contributed by atoms with Crippen LogP contribution in [0.2, 0.25) is 0 Å². The molecule has 1 unspecified atom stereocenters. The summed E-state index contributed by atoms with van der Waals surface area (Å²) < 4.78 is 11.0. The number of hydrogen-bond donors (Lipinski definition) is 0. The van der Waals surface area contributed by atoms with Crippen molar-refractivity contribution in [2.75, 3.05) is 13.2 Å². The quantitative estimate of drug-likeness (QED) is 0.731. The molecule has 1 aliphatic rings. The van der Waals surface area contributed by atoms with Gasteiger partial charge < -0.3 is 9.47 Å². The van der Waals surface area contributed by atoms with Gasteiger partial charge in [0.2, 0.25) is 0 Å². The van der Waals surface area contributed by atoms with Gasteiger partial charge in [0.05, 0.1) is 6.10 Å². The lowest BCUT2D eigenvalue weighted by atomic mass is 10.1. The third-order valence-corrected chi connectivity index (χ3v) is 2.72. The van der Waals surface area contributed by atoms with Gasteiger partial charge in [-0.1, -0.05) is 0 Å². The number of rotatable bonds is 4. The maximum atomic E-state index is 11.1. The number of ketones is 1. The van der Waals surface area contributed by atoms with Crippen LogP contribution in [0.5, 0.6) is 5.75 Å². The summed E-state index contributed by atoms with van der Waals surface area (Å²) in [4.78, 5) is 11.1. The molecule has 0 spiro atoms. The lowest BCUT2D eigenvalue weighted by Gasteiger charge is -2.11. The summed E-state index contributed by atoms with van der Waals surface area (Å²) in [5, 5.41) is 0. The highest BCUT2D eigenvalue weighted by Gasteiger charge is 2.15. The molecule has 2 rings (SSSR count). The van der Waals surface area contributed by atoms with Gasteiger partial charge in [-0.25, -0.2) is 0 Å². The molecule has 3 nitrogen and oxygen atoms in total. The summed E-state index contributed by atoms with van der Waals surface area (Å²) in [6.07, 6.45) is 2.43. The Balaban J connectivity index is 1.87. The zero-order valence-corrected chi connectivity index (χ0v) is 9.44. The molecule has 0 radical (unpaired) electrons. The van der Waals surface area contributed by atoms with Crippen molar-refractivity contribution in [1.29, 1.82) is 0 Å². The topological polar surface area (TPSA) is 35.5 Å². The van der Waals surface area contributed by atoms with Crippen LogP contribution < -0.4 is 4.74 Å². The second-order valence-corrected chi connectivity index (χ2v) is 4.03. The zero-order valence-electron chi connectivity index (χ0n) is 9.44. The minimum atomic E-state index is 0.0747. The van der Waals surface area contributed by atoms with E-state index in [1.807, 2.05) is 12.1 Å². The molecule has 1 aromatic carbocycles. The van der Waals surface area contributed by atoms with Crippen molar-refractivity contribution in [2.45, 2.75) is 25.9 Å².